The van der Waals surface area contributed by atoms with Crippen LogP contribution in [0.1, 0.15) is 34.6 Å². The number of hydrogen-bond donors (Lipinski definition) is 3. The highest BCUT2D eigenvalue weighted by Crippen LogP contribution is 2.07. The van der Waals surface area contributed by atoms with Gasteiger partial charge in [-0.1, -0.05) is 0 Å². The van der Waals surface area contributed by atoms with Gasteiger partial charge in [0.15, 0.2) is 0 Å². The quantitative estimate of drug-likeness (QED) is 0.602. The van der Waals surface area contributed by atoms with Crippen molar-refractivity contribution < 1.29 is 14.6 Å². The van der Waals surface area contributed by atoms with Gasteiger partial charge >= 0.3 is 0 Å². The van der Waals surface area contributed by atoms with Crippen LogP contribution in [-0.4, -0.2) is 41.4 Å². The van der Waals surface area contributed by atoms with E-state index in [1.165, 1.54) is 0 Å². The van der Waals surface area contributed by atoms with Crippen LogP contribution in [0.5, 0.6) is 0 Å². The minimum atomic E-state index is -0.817. The number of ether oxygens (including phenoxy) is 1. The molecule has 0 radical (unpaired) electrons. The summed E-state index contributed by atoms with van der Waals surface area (Å²) in [6.07, 6.45) is -0.655. The van der Waals surface area contributed by atoms with E-state index in [2.05, 4.69) is 5.32 Å². The van der Waals surface area contributed by atoms with E-state index in [1.807, 2.05) is 20.8 Å². The Morgan fingerprint density at radius 1 is 1.38 bits per heavy atom. The Hall–Kier alpha value is -0.650. The number of rotatable bonds is 6. The molecule has 0 aliphatic rings. The molecule has 4 N–H and O–H groups in total. The topological polar surface area (TPSA) is 84.6 Å². The van der Waals surface area contributed by atoms with E-state index in [-0.39, 0.29) is 18.8 Å². The van der Waals surface area contributed by atoms with Gasteiger partial charge in [0.25, 0.3) is 0 Å². The molecule has 96 valence electrons. The number of carbonyl (C=O) groups excluding carboxylic acids is 1. The van der Waals surface area contributed by atoms with Gasteiger partial charge in [-0.05, 0) is 34.6 Å². The molecule has 0 spiro atoms. The number of carbonyl (C=O) groups is 1. The fraction of sp³-hybridized carbons (Fsp3) is 0.909. The Labute approximate surface area is 97.3 Å². The summed E-state index contributed by atoms with van der Waals surface area (Å²) in [7, 11) is 0. The van der Waals surface area contributed by atoms with Crippen molar-refractivity contribution in [1.82, 2.24) is 5.32 Å². The van der Waals surface area contributed by atoms with Crippen molar-refractivity contribution in [1.29, 1.82) is 0 Å². The van der Waals surface area contributed by atoms with E-state index in [0.29, 0.717) is 0 Å². The number of aliphatic hydroxyl groups is 1. The molecular weight excluding hydrogens is 208 g/mol. The largest absolute Gasteiger partial charge is 0.389 e. The number of amides is 1. The molecular formula is C11H24N2O3. The maximum Gasteiger partial charge on any atom is 0.237 e. The van der Waals surface area contributed by atoms with E-state index in [9.17, 15) is 9.90 Å². The molecule has 0 fully saturated rings. The molecule has 0 saturated heterocycles. The molecule has 5 nitrogen and oxygen atoms in total. The Kier molecular flexibility index (Phi) is 5.38. The molecule has 0 saturated carbocycles. The Morgan fingerprint density at radius 2 is 1.88 bits per heavy atom. The second-order valence-electron chi connectivity index (χ2n) is 5.45. The van der Waals surface area contributed by atoms with Crippen molar-refractivity contribution >= 4 is 5.91 Å². The molecule has 0 heterocycles. The number of hydrogen-bond acceptors (Lipinski definition) is 4. The summed E-state index contributed by atoms with van der Waals surface area (Å²) in [5.41, 5.74) is 4.09. The first-order valence-electron chi connectivity index (χ1n) is 5.41. The zero-order chi connectivity index (χ0) is 13.0. The lowest BCUT2D eigenvalue weighted by atomic mass is 10.1. The lowest BCUT2D eigenvalue weighted by molar-refractivity contribution is -0.123. The first kappa shape index (κ1) is 15.3. The van der Waals surface area contributed by atoms with Gasteiger partial charge in [0, 0.05) is 6.54 Å². The number of nitrogens with two attached hydrogens (primary N) is 1. The van der Waals surface area contributed by atoms with Crippen LogP contribution in [0.4, 0.5) is 0 Å². The lowest BCUT2D eigenvalue weighted by Gasteiger charge is -2.26. The summed E-state index contributed by atoms with van der Waals surface area (Å²) in [4.78, 5) is 11.0. The normalized spacial score (nSPS) is 14.9. The molecule has 0 rings (SSSR count). The van der Waals surface area contributed by atoms with Crippen LogP contribution < -0.4 is 11.1 Å². The minimum Gasteiger partial charge on any atom is -0.389 e. The van der Waals surface area contributed by atoms with Gasteiger partial charge in [0.05, 0.1) is 23.9 Å². The first-order chi connectivity index (χ1) is 7.04. The van der Waals surface area contributed by atoms with Crippen molar-refractivity contribution in [3.63, 3.8) is 0 Å². The van der Waals surface area contributed by atoms with Crippen LogP contribution in [0.3, 0.4) is 0 Å². The molecule has 0 aliphatic heterocycles. The fourth-order valence-corrected chi connectivity index (χ4v) is 0.865. The van der Waals surface area contributed by atoms with E-state index in [4.69, 9.17) is 10.5 Å². The van der Waals surface area contributed by atoms with Crippen LogP contribution >= 0.6 is 0 Å². The van der Waals surface area contributed by atoms with Gasteiger partial charge in [-0.25, -0.2) is 0 Å². The van der Waals surface area contributed by atoms with Gasteiger partial charge in [-0.3, -0.25) is 4.79 Å². The van der Waals surface area contributed by atoms with E-state index < -0.39 is 17.6 Å². The van der Waals surface area contributed by atoms with Crippen LogP contribution in [0, 0.1) is 0 Å². The van der Waals surface area contributed by atoms with E-state index in [0.717, 1.165) is 0 Å². The highest BCUT2D eigenvalue weighted by molar-refractivity contribution is 5.83. The Balaban J connectivity index is 3.90. The van der Waals surface area contributed by atoms with Gasteiger partial charge in [0.2, 0.25) is 5.91 Å². The summed E-state index contributed by atoms with van der Waals surface area (Å²) >= 11 is 0. The maximum absolute atomic E-state index is 11.0. The second-order valence-corrected chi connectivity index (χ2v) is 5.45. The van der Waals surface area contributed by atoms with Crippen LogP contribution in [0.15, 0.2) is 0 Å². The monoisotopic (exact) mass is 232 g/mol. The standard InChI is InChI=1S/C11H24N2O3/c1-10(2,3)16-7-8(14)6-13-11(4,5)9(12)15/h8,13-14H,6-7H2,1-5H3,(H2,12,15). The molecule has 1 atom stereocenters. The van der Waals surface area contributed by atoms with Crippen LogP contribution in [0.2, 0.25) is 0 Å². The first-order valence-corrected chi connectivity index (χ1v) is 5.41. The zero-order valence-electron chi connectivity index (χ0n) is 10.8. The van der Waals surface area contributed by atoms with Gasteiger partial charge in [-0.15, -0.1) is 0 Å². The second kappa shape index (κ2) is 5.61. The lowest BCUT2D eigenvalue weighted by Crippen LogP contribution is -2.53. The van der Waals surface area contributed by atoms with Crippen molar-refractivity contribution in [3.05, 3.63) is 0 Å². The van der Waals surface area contributed by atoms with Crippen molar-refractivity contribution in [2.45, 2.75) is 51.9 Å². The average molecular weight is 232 g/mol. The highest BCUT2D eigenvalue weighted by atomic mass is 16.5. The molecule has 16 heavy (non-hydrogen) atoms. The summed E-state index contributed by atoms with van der Waals surface area (Å²) in [6, 6.07) is 0. The van der Waals surface area contributed by atoms with Crippen molar-refractivity contribution in [3.8, 4) is 0 Å². The third-order valence-corrected chi connectivity index (χ3v) is 2.10. The summed E-state index contributed by atoms with van der Waals surface area (Å²) in [5.74, 6) is -0.448. The van der Waals surface area contributed by atoms with Crippen molar-refractivity contribution in [2.24, 2.45) is 5.73 Å². The predicted molar refractivity (Wildman–Crippen MR) is 63.0 cm³/mol. The highest BCUT2D eigenvalue weighted by Gasteiger charge is 2.25. The van der Waals surface area contributed by atoms with Gasteiger partial charge < -0.3 is 20.9 Å². The molecule has 5 heteroatoms. The predicted octanol–water partition coefficient (Wildman–Crippen LogP) is 0.0159. The van der Waals surface area contributed by atoms with E-state index >= 15 is 0 Å². The summed E-state index contributed by atoms with van der Waals surface area (Å²) in [5, 5.41) is 12.5. The third kappa shape index (κ3) is 6.76. The number of nitrogens with one attached hydrogen (secondary N) is 1. The zero-order valence-corrected chi connectivity index (χ0v) is 10.8. The molecule has 0 aromatic heterocycles. The van der Waals surface area contributed by atoms with Crippen molar-refractivity contribution in [2.75, 3.05) is 13.2 Å². The number of β-amino-alcohol motifs (C(OH)–C–C–N with tert-alkyl or cyclic N) is 1. The van der Waals surface area contributed by atoms with E-state index in [1.54, 1.807) is 13.8 Å². The number of primary amides is 1. The summed E-state index contributed by atoms with van der Waals surface area (Å²) < 4.78 is 5.41. The SMILES string of the molecule is CC(C)(C)OCC(O)CNC(C)(C)C(N)=O. The molecule has 0 aliphatic carbocycles. The smallest absolute Gasteiger partial charge is 0.237 e. The molecule has 0 bridgehead atoms. The minimum absolute atomic E-state index is 0.228. The molecule has 0 aromatic carbocycles. The Bertz CT molecular complexity index is 234. The van der Waals surface area contributed by atoms with Gasteiger partial charge in [-0.2, -0.15) is 0 Å². The maximum atomic E-state index is 11.0. The average Bonchev–Trinajstić information content (AvgIpc) is 2.10. The number of aliphatic hydroxyl groups excluding tert-OH is 1. The third-order valence-electron chi connectivity index (χ3n) is 2.10. The van der Waals surface area contributed by atoms with Crippen LogP contribution in [0.25, 0.3) is 0 Å². The Morgan fingerprint density at radius 3 is 2.25 bits per heavy atom. The summed E-state index contributed by atoms with van der Waals surface area (Å²) in [6.45, 7) is 9.60. The van der Waals surface area contributed by atoms with Gasteiger partial charge in [0.1, 0.15) is 0 Å². The van der Waals surface area contributed by atoms with Crippen LogP contribution in [-0.2, 0) is 9.53 Å². The molecule has 1 amide bonds. The fourth-order valence-electron chi connectivity index (χ4n) is 0.865. The molecule has 0 aromatic rings. The molecule has 1 unspecified atom stereocenters.